The Labute approximate surface area is 153 Å². The first kappa shape index (κ1) is 16.4. The standard InChI is InChI=1S/C23H21NO2/c1-17(2)14-15-23(18-9-4-3-5-10-18)22(25)20-12-8-16-24(20)19-11-6-7-13-21(19)26-23/h3-14,16H,15H2,1-2H3/t23-/m0/s1. The van der Waals surface area contributed by atoms with Crippen LogP contribution in [0, 0.1) is 0 Å². The maximum Gasteiger partial charge on any atom is 0.227 e. The maximum atomic E-state index is 13.7. The molecule has 0 saturated carbocycles. The summed E-state index contributed by atoms with van der Waals surface area (Å²) in [5.74, 6) is 0.684. The van der Waals surface area contributed by atoms with E-state index in [-0.39, 0.29) is 5.78 Å². The molecule has 0 saturated heterocycles. The van der Waals surface area contributed by atoms with Crippen molar-refractivity contribution in [3.8, 4) is 11.4 Å². The van der Waals surface area contributed by atoms with E-state index in [9.17, 15) is 4.79 Å². The lowest BCUT2D eigenvalue weighted by Gasteiger charge is -2.31. The number of nitrogens with zero attached hydrogens (tertiary/aromatic N) is 1. The number of rotatable bonds is 3. The Kier molecular flexibility index (Phi) is 4.00. The van der Waals surface area contributed by atoms with Gasteiger partial charge in [0.1, 0.15) is 5.75 Å². The Morgan fingerprint density at radius 2 is 1.73 bits per heavy atom. The molecule has 0 aliphatic carbocycles. The van der Waals surface area contributed by atoms with Gasteiger partial charge in [0.05, 0.1) is 11.4 Å². The van der Waals surface area contributed by atoms with E-state index in [0.717, 1.165) is 16.8 Å². The van der Waals surface area contributed by atoms with Crippen LogP contribution in [0.25, 0.3) is 5.69 Å². The minimum Gasteiger partial charge on any atom is -0.472 e. The predicted molar refractivity (Wildman–Crippen MR) is 103 cm³/mol. The average molecular weight is 343 g/mol. The zero-order valence-electron chi connectivity index (χ0n) is 15.0. The van der Waals surface area contributed by atoms with Crippen LogP contribution in [0.3, 0.4) is 0 Å². The molecule has 2 heterocycles. The van der Waals surface area contributed by atoms with Crippen molar-refractivity contribution < 1.29 is 9.53 Å². The molecule has 3 heteroatoms. The summed E-state index contributed by atoms with van der Waals surface area (Å²) in [4.78, 5) is 13.7. The van der Waals surface area contributed by atoms with Crippen molar-refractivity contribution >= 4 is 5.78 Å². The number of para-hydroxylation sites is 2. The highest BCUT2D eigenvalue weighted by atomic mass is 16.5. The fourth-order valence-electron chi connectivity index (χ4n) is 3.46. The quantitative estimate of drug-likeness (QED) is 0.604. The lowest BCUT2D eigenvalue weighted by atomic mass is 9.84. The normalized spacial score (nSPS) is 18.3. The van der Waals surface area contributed by atoms with E-state index in [1.165, 1.54) is 0 Å². The second kappa shape index (κ2) is 6.34. The van der Waals surface area contributed by atoms with E-state index in [1.807, 2.05) is 91.3 Å². The minimum atomic E-state index is -1.08. The van der Waals surface area contributed by atoms with E-state index in [0.29, 0.717) is 17.9 Å². The van der Waals surface area contributed by atoms with Gasteiger partial charge >= 0.3 is 0 Å². The molecule has 0 fully saturated rings. The van der Waals surface area contributed by atoms with Gasteiger partial charge in [0.15, 0.2) is 0 Å². The molecule has 1 aliphatic heterocycles. The number of Topliss-reactive ketones (excluding diaryl/α,β-unsaturated/α-hetero) is 1. The highest BCUT2D eigenvalue weighted by molar-refractivity contribution is 6.03. The van der Waals surface area contributed by atoms with Crippen LogP contribution in [0.1, 0.15) is 36.3 Å². The molecule has 1 atom stereocenters. The van der Waals surface area contributed by atoms with Crippen LogP contribution in [-0.4, -0.2) is 10.4 Å². The van der Waals surface area contributed by atoms with Crippen LogP contribution in [-0.2, 0) is 5.60 Å². The molecule has 3 nitrogen and oxygen atoms in total. The average Bonchev–Trinajstić information content (AvgIpc) is 3.11. The first-order valence-corrected chi connectivity index (χ1v) is 8.81. The third-order valence-corrected chi connectivity index (χ3v) is 4.80. The summed E-state index contributed by atoms with van der Waals surface area (Å²) in [7, 11) is 0. The number of carbonyl (C=O) groups excluding carboxylic acids is 1. The number of hydrogen-bond acceptors (Lipinski definition) is 2. The van der Waals surface area contributed by atoms with Gasteiger partial charge in [-0.25, -0.2) is 0 Å². The number of benzene rings is 2. The molecule has 130 valence electrons. The van der Waals surface area contributed by atoms with Crippen molar-refractivity contribution in [1.82, 2.24) is 4.57 Å². The Balaban J connectivity index is 2.00. The molecule has 26 heavy (non-hydrogen) atoms. The van der Waals surface area contributed by atoms with Gasteiger partial charge in [-0.2, -0.15) is 0 Å². The molecule has 1 aromatic heterocycles. The molecule has 0 bridgehead atoms. The summed E-state index contributed by atoms with van der Waals surface area (Å²) >= 11 is 0. The van der Waals surface area contributed by atoms with Crippen molar-refractivity contribution in [2.24, 2.45) is 0 Å². The lowest BCUT2D eigenvalue weighted by Crippen LogP contribution is -2.41. The SMILES string of the molecule is CC(C)=CC[C@@]1(c2ccccc2)Oc2ccccc2-n2cccc2C1=O. The van der Waals surface area contributed by atoms with Crippen LogP contribution in [0.2, 0.25) is 0 Å². The number of ether oxygens (including phenoxy) is 1. The number of aromatic nitrogens is 1. The van der Waals surface area contributed by atoms with Crippen molar-refractivity contribution in [1.29, 1.82) is 0 Å². The third kappa shape index (κ3) is 2.57. The van der Waals surface area contributed by atoms with E-state index >= 15 is 0 Å². The van der Waals surface area contributed by atoms with Crippen LogP contribution in [0.15, 0.2) is 84.6 Å². The summed E-state index contributed by atoms with van der Waals surface area (Å²) in [6.07, 6.45) is 4.47. The maximum absolute atomic E-state index is 13.7. The van der Waals surface area contributed by atoms with E-state index < -0.39 is 5.60 Å². The lowest BCUT2D eigenvalue weighted by molar-refractivity contribution is 0.0453. The van der Waals surface area contributed by atoms with E-state index in [1.54, 1.807) is 0 Å². The second-order valence-electron chi connectivity index (χ2n) is 6.84. The molecule has 3 aromatic rings. The zero-order valence-corrected chi connectivity index (χ0v) is 15.0. The summed E-state index contributed by atoms with van der Waals surface area (Å²) in [6, 6.07) is 21.4. The summed E-state index contributed by atoms with van der Waals surface area (Å²) in [5.41, 5.74) is 2.47. The molecular formula is C23H21NO2. The van der Waals surface area contributed by atoms with Gasteiger partial charge in [0.2, 0.25) is 11.4 Å². The molecule has 0 N–H and O–H groups in total. The summed E-state index contributed by atoms with van der Waals surface area (Å²) < 4.78 is 8.44. The highest BCUT2D eigenvalue weighted by Crippen LogP contribution is 2.41. The van der Waals surface area contributed by atoms with Crippen molar-refractivity contribution in [3.63, 3.8) is 0 Å². The van der Waals surface area contributed by atoms with Gasteiger partial charge in [-0.05, 0) is 38.1 Å². The van der Waals surface area contributed by atoms with E-state index in [2.05, 4.69) is 6.08 Å². The largest absolute Gasteiger partial charge is 0.472 e. The second-order valence-corrected chi connectivity index (χ2v) is 6.84. The molecule has 0 amide bonds. The summed E-state index contributed by atoms with van der Waals surface area (Å²) in [5, 5.41) is 0. The van der Waals surface area contributed by atoms with Gasteiger partial charge in [-0.15, -0.1) is 0 Å². The van der Waals surface area contributed by atoms with Crippen LogP contribution in [0.4, 0.5) is 0 Å². The number of fused-ring (bicyclic) bond motifs is 3. The molecule has 4 rings (SSSR count). The smallest absolute Gasteiger partial charge is 0.227 e. The molecule has 0 radical (unpaired) electrons. The van der Waals surface area contributed by atoms with Crippen LogP contribution in [0.5, 0.6) is 5.75 Å². The topological polar surface area (TPSA) is 31.2 Å². The van der Waals surface area contributed by atoms with E-state index in [4.69, 9.17) is 4.74 Å². The predicted octanol–water partition coefficient (Wildman–Crippen LogP) is 5.30. The highest BCUT2D eigenvalue weighted by Gasteiger charge is 2.45. The van der Waals surface area contributed by atoms with Gasteiger partial charge < -0.3 is 9.30 Å². The number of carbonyl (C=O) groups is 1. The van der Waals surface area contributed by atoms with Gasteiger partial charge in [0, 0.05) is 18.2 Å². The Hall–Kier alpha value is -3.07. The Morgan fingerprint density at radius 3 is 2.50 bits per heavy atom. The monoisotopic (exact) mass is 343 g/mol. The number of ketones is 1. The minimum absolute atomic E-state index is 0.0256. The molecule has 1 aliphatic rings. The van der Waals surface area contributed by atoms with Gasteiger partial charge in [-0.3, -0.25) is 4.79 Å². The first-order chi connectivity index (χ1) is 12.6. The fraction of sp³-hybridized carbons (Fsp3) is 0.174. The fourth-order valence-corrected chi connectivity index (χ4v) is 3.46. The van der Waals surface area contributed by atoms with Crippen LogP contribution < -0.4 is 4.74 Å². The Bertz CT molecular complexity index is 980. The summed E-state index contributed by atoms with van der Waals surface area (Å²) in [6.45, 7) is 4.08. The van der Waals surface area contributed by atoms with Gasteiger partial charge in [-0.1, -0.05) is 54.1 Å². The number of allylic oxidation sites excluding steroid dienone is 1. The Morgan fingerprint density at radius 1 is 1.00 bits per heavy atom. The van der Waals surface area contributed by atoms with Crippen molar-refractivity contribution in [2.45, 2.75) is 25.9 Å². The first-order valence-electron chi connectivity index (χ1n) is 8.81. The zero-order chi connectivity index (χ0) is 18.1. The van der Waals surface area contributed by atoms with Gasteiger partial charge in [0.25, 0.3) is 0 Å². The van der Waals surface area contributed by atoms with Crippen molar-refractivity contribution in [2.75, 3.05) is 0 Å². The number of hydrogen-bond donors (Lipinski definition) is 0. The molecule has 0 spiro atoms. The molecule has 0 unspecified atom stereocenters. The van der Waals surface area contributed by atoms with Crippen molar-refractivity contribution in [3.05, 3.63) is 95.8 Å². The third-order valence-electron chi connectivity index (χ3n) is 4.80. The molecular weight excluding hydrogens is 322 g/mol. The molecule has 2 aromatic carbocycles. The van der Waals surface area contributed by atoms with Crippen LogP contribution >= 0.6 is 0 Å².